The molecule has 5 heteroatoms. The van der Waals surface area contributed by atoms with Crippen molar-refractivity contribution in [1.82, 2.24) is 5.32 Å². The van der Waals surface area contributed by atoms with Gasteiger partial charge in [0.1, 0.15) is 0 Å². The molecule has 0 spiro atoms. The van der Waals surface area contributed by atoms with Crippen molar-refractivity contribution in [1.29, 1.82) is 0 Å². The summed E-state index contributed by atoms with van der Waals surface area (Å²) in [6.07, 6.45) is 0.836. The lowest BCUT2D eigenvalue weighted by Gasteiger charge is -2.10. The van der Waals surface area contributed by atoms with Crippen molar-refractivity contribution in [3.05, 3.63) is 21.3 Å². The summed E-state index contributed by atoms with van der Waals surface area (Å²) in [4.78, 5) is 1.28. The van der Waals surface area contributed by atoms with E-state index in [1.165, 1.54) is 4.88 Å². The molecule has 1 aliphatic rings. The molecule has 0 saturated carbocycles. The van der Waals surface area contributed by atoms with Gasteiger partial charge in [-0.15, -0.1) is 23.1 Å². The molecule has 1 aromatic heterocycles. The molecule has 2 nitrogen and oxygen atoms in total. The van der Waals surface area contributed by atoms with Gasteiger partial charge in [0.25, 0.3) is 0 Å². The average molecular weight is 250 g/mol. The largest absolute Gasteiger partial charge is 0.396 e. The topological polar surface area (TPSA) is 32.3 Å². The van der Waals surface area contributed by atoms with Gasteiger partial charge in [0.15, 0.2) is 0 Å². The summed E-state index contributed by atoms with van der Waals surface area (Å²) in [6, 6.07) is 4.44. The van der Waals surface area contributed by atoms with Crippen LogP contribution in [0.2, 0.25) is 4.34 Å². The van der Waals surface area contributed by atoms with E-state index in [0.717, 1.165) is 16.5 Å². The minimum absolute atomic E-state index is 0.260. The molecule has 1 fully saturated rings. The maximum Gasteiger partial charge on any atom is 0.0932 e. The zero-order valence-electron chi connectivity index (χ0n) is 7.57. The first kappa shape index (κ1) is 10.8. The highest BCUT2D eigenvalue weighted by molar-refractivity contribution is 7.99. The summed E-state index contributed by atoms with van der Waals surface area (Å²) in [6.45, 7) is 0.260. The van der Waals surface area contributed by atoms with Crippen molar-refractivity contribution in [2.45, 2.75) is 17.8 Å². The SMILES string of the molecule is OCCC1CSC(c2ccc(Cl)s2)N1. The molecule has 0 radical (unpaired) electrons. The smallest absolute Gasteiger partial charge is 0.0932 e. The van der Waals surface area contributed by atoms with Crippen LogP contribution in [-0.4, -0.2) is 23.5 Å². The van der Waals surface area contributed by atoms with E-state index < -0.39 is 0 Å². The molecule has 14 heavy (non-hydrogen) atoms. The summed E-state index contributed by atoms with van der Waals surface area (Å²) in [5, 5.41) is 12.7. The quantitative estimate of drug-likeness (QED) is 0.863. The van der Waals surface area contributed by atoms with Gasteiger partial charge >= 0.3 is 0 Å². The van der Waals surface area contributed by atoms with Crippen molar-refractivity contribution in [2.75, 3.05) is 12.4 Å². The molecule has 0 bridgehead atoms. The van der Waals surface area contributed by atoms with Crippen LogP contribution in [0.25, 0.3) is 0 Å². The van der Waals surface area contributed by atoms with E-state index in [0.29, 0.717) is 11.4 Å². The third-order valence-corrected chi connectivity index (χ3v) is 4.94. The monoisotopic (exact) mass is 249 g/mol. The lowest BCUT2D eigenvalue weighted by molar-refractivity contribution is 0.272. The van der Waals surface area contributed by atoms with Gasteiger partial charge in [-0.3, -0.25) is 5.32 Å². The van der Waals surface area contributed by atoms with Crippen LogP contribution in [0, 0.1) is 0 Å². The molecule has 1 saturated heterocycles. The van der Waals surface area contributed by atoms with Gasteiger partial charge in [-0.1, -0.05) is 11.6 Å². The Hall–Kier alpha value is 0.260. The van der Waals surface area contributed by atoms with Gasteiger partial charge in [0.05, 0.1) is 9.71 Å². The van der Waals surface area contributed by atoms with Crippen LogP contribution < -0.4 is 5.32 Å². The van der Waals surface area contributed by atoms with Gasteiger partial charge in [0, 0.05) is 23.3 Å². The first-order valence-electron chi connectivity index (χ1n) is 4.53. The summed E-state index contributed by atoms with van der Waals surface area (Å²) >= 11 is 9.39. The Morgan fingerprint density at radius 1 is 1.57 bits per heavy atom. The molecular weight excluding hydrogens is 238 g/mol. The van der Waals surface area contributed by atoms with E-state index in [-0.39, 0.29) is 6.61 Å². The fourth-order valence-electron chi connectivity index (χ4n) is 1.48. The van der Waals surface area contributed by atoms with Gasteiger partial charge in [-0.25, -0.2) is 0 Å². The molecule has 1 aromatic rings. The molecule has 2 atom stereocenters. The van der Waals surface area contributed by atoms with Gasteiger partial charge < -0.3 is 5.11 Å². The summed E-state index contributed by atoms with van der Waals surface area (Å²) in [5.41, 5.74) is 0. The van der Waals surface area contributed by atoms with Gasteiger partial charge in [-0.05, 0) is 18.6 Å². The lowest BCUT2D eigenvalue weighted by Crippen LogP contribution is -2.26. The molecule has 0 aromatic carbocycles. The summed E-state index contributed by atoms with van der Waals surface area (Å²) in [7, 11) is 0. The second kappa shape index (κ2) is 4.86. The highest BCUT2D eigenvalue weighted by atomic mass is 35.5. The predicted molar refractivity (Wildman–Crippen MR) is 63.2 cm³/mol. The van der Waals surface area contributed by atoms with Crippen LogP contribution in [0.5, 0.6) is 0 Å². The Labute approximate surface area is 96.7 Å². The van der Waals surface area contributed by atoms with Crippen LogP contribution in [-0.2, 0) is 0 Å². The van der Waals surface area contributed by atoms with Gasteiger partial charge in [-0.2, -0.15) is 0 Å². The maximum atomic E-state index is 8.82. The Balaban J connectivity index is 1.95. The van der Waals surface area contributed by atoms with Crippen LogP contribution >= 0.6 is 34.7 Å². The van der Waals surface area contributed by atoms with E-state index in [1.54, 1.807) is 11.3 Å². The number of halogens is 1. The average Bonchev–Trinajstić information content (AvgIpc) is 2.74. The zero-order valence-corrected chi connectivity index (χ0v) is 9.96. The third-order valence-electron chi connectivity index (χ3n) is 2.18. The first-order valence-corrected chi connectivity index (χ1v) is 6.77. The van der Waals surface area contributed by atoms with E-state index >= 15 is 0 Å². The van der Waals surface area contributed by atoms with Crippen molar-refractivity contribution in [3.63, 3.8) is 0 Å². The van der Waals surface area contributed by atoms with Crippen LogP contribution in [0.3, 0.4) is 0 Å². The highest BCUT2D eigenvalue weighted by Gasteiger charge is 2.25. The fraction of sp³-hybridized carbons (Fsp3) is 0.556. The fourth-order valence-corrected chi connectivity index (χ4v) is 4.05. The zero-order chi connectivity index (χ0) is 9.97. The Morgan fingerprint density at radius 3 is 3.07 bits per heavy atom. The van der Waals surface area contributed by atoms with Crippen molar-refractivity contribution in [3.8, 4) is 0 Å². The Kier molecular flexibility index (Phi) is 3.73. The number of nitrogens with one attached hydrogen (secondary N) is 1. The van der Waals surface area contributed by atoms with Crippen LogP contribution in [0.4, 0.5) is 0 Å². The molecule has 2 heterocycles. The van der Waals surface area contributed by atoms with E-state index in [2.05, 4.69) is 11.4 Å². The number of thioether (sulfide) groups is 1. The minimum Gasteiger partial charge on any atom is -0.396 e. The number of hydrogen-bond donors (Lipinski definition) is 2. The number of thiophene rings is 1. The molecule has 2 rings (SSSR count). The second-order valence-electron chi connectivity index (χ2n) is 3.23. The van der Waals surface area contributed by atoms with E-state index in [4.69, 9.17) is 16.7 Å². The Morgan fingerprint density at radius 2 is 2.43 bits per heavy atom. The maximum absolute atomic E-state index is 8.82. The highest BCUT2D eigenvalue weighted by Crippen LogP contribution is 2.38. The number of aliphatic hydroxyl groups excluding tert-OH is 1. The van der Waals surface area contributed by atoms with E-state index in [1.807, 2.05) is 17.8 Å². The summed E-state index contributed by atoms with van der Waals surface area (Å²) < 4.78 is 0.841. The Bertz CT molecular complexity index is 305. The first-order chi connectivity index (χ1) is 6.79. The minimum atomic E-state index is 0.260. The summed E-state index contributed by atoms with van der Waals surface area (Å²) in [5.74, 6) is 1.07. The van der Waals surface area contributed by atoms with Crippen molar-refractivity contribution in [2.24, 2.45) is 0 Å². The number of aliphatic hydroxyl groups is 1. The predicted octanol–water partition coefficient (Wildman–Crippen LogP) is 2.49. The molecule has 2 unspecified atom stereocenters. The number of hydrogen-bond acceptors (Lipinski definition) is 4. The molecule has 78 valence electrons. The molecule has 2 N–H and O–H groups in total. The van der Waals surface area contributed by atoms with E-state index in [9.17, 15) is 0 Å². The van der Waals surface area contributed by atoms with Crippen molar-refractivity contribution < 1.29 is 5.11 Å². The van der Waals surface area contributed by atoms with Crippen LogP contribution in [0.1, 0.15) is 16.7 Å². The second-order valence-corrected chi connectivity index (χ2v) is 6.12. The molecule has 0 aliphatic carbocycles. The standard InChI is InChI=1S/C9H12ClNOS2/c10-8-2-1-7(14-8)9-11-6(3-4-12)5-13-9/h1-2,6,9,11-12H,3-5H2. The van der Waals surface area contributed by atoms with Gasteiger partial charge in [0.2, 0.25) is 0 Å². The van der Waals surface area contributed by atoms with Crippen LogP contribution in [0.15, 0.2) is 12.1 Å². The normalized spacial score (nSPS) is 27.0. The lowest BCUT2D eigenvalue weighted by atomic mass is 10.2. The molecule has 0 amide bonds. The molecule has 1 aliphatic heterocycles. The number of rotatable bonds is 3. The van der Waals surface area contributed by atoms with Crippen molar-refractivity contribution >= 4 is 34.7 Å². The molecular formula is C9H12ClNOS2. The third kappa shape index (κ3) is 2.44.